The second-order valence-corrected chi connectivity index (χ2v) is 4.58. The van der Waals surface area contributed by atoms with Gasteiger partial charge in [0, 0.05) is 0 Å². The molecule has 0 aliphatic carbocycles. The zero-order chi connectivity index (χ0) is 12.5. The molecule has 0 atom stereocenters. The number of ether oxygens (including phenoxy) is 1. The lowest BCUT2D eigenvalue weighted by atomic mass is 10.1. The minimum Gasteiger partial charge on any atom is -0.477 e. The molecule has 0 amide bonds. The monoisotopic (exact) mass is 256 g/mol. The molecule has 1 aromatic rings. The standard InChI is InChI=1S/C13H21ClN2O/c1-2-3-4-5-6-7-8-17-13-12(14)9-11(15)10-16-13/h9-10H,2-8,15H2,1H3. The number of unbranched alkanes of at least 4 members (excludes halogenated alkanes) is 5. The zero-order valence-electron chi connectivity index (χ0n) is 10.4. The zero-order valence-corrected chi connectivity index (χ0v) is 11.2. The topological polar surface area (TPSA) is 48.1 Å². The fourth-order valence-electron chi connectivity index (χ4n) is 1.60. The van der Waals surface area contributed by atoms with Crippen LogP contribution in [0.2, 0.25) is 5.02 Å². The van der Waals surface area contributed by atoms with Crippen LogP contribution in [0.3, 0.4) is 0 Å². The average molecular weight is 257 g/mol. The van der Waals surface area contributed by atoms with E-state index in [0.29, 0.717) is 23.2 Å². The van der Waals surface area contributed by atoms with Crippen LogP contribution in [0.5, 0.6) is 5.88 Å². The Morgan fingerprint density at radius 1 is 1.24 bits per heavy atom. The molecule has 0 aliphatic heterocycles. The highest BCUT2D eigenvalue weighted by Crippen LogP contribution is 2.23. The fourth-order valence-corrected chi connectivity index (χ4v) is 1.83. The van der Waals surface area contributed by atoms with E-state index in [0.717, 1.165) is 6.42 Å². The summed E-state index contributed by atoms with van der Waals surface area (Å²) in [5, 5.41) is 0.482. The number of nitrogen functional groups attached to an aromatic ring is 1. The van der Waals surface area contributed by atoms with E-state index in [4.69, 9.17) is 22.1 Å². The van der Waals surface area contributed by atoms with E-state index < -0.39 is 0 Å². The van der Waals surface area contributed by atoms with Crippen molar-refractivity contribution >= 4 is 17.3 Å². The predicted molar refractivity (Wildman–Crippen MR) is 72.5 cm³/mol. The lowest BCUT2D eigenvalue weighted by molar-refractivity contribution is 0.293. The summed E-state index contributed by atoms with van der Waals surface area (Å²) in [6.45, 7) is 2.89. The van der Waals surface area contributed by atoms with Gasteiger partial charge in [0.2, 0.25) is 5.88 Å². The molecule has 17 heavy (non-hydrogen) atoms. The molecule has 1 aromatic heterocycles. The van der Waals surface area contributed by atoms with E-state index in [1.54, 1.807) is 12.3 Å². The predicted octanol–water partition coefficient (Wildman–Crippen LogP) is 4.06. The van der Waals surface area contributed by atoms with Crippen molar-refractivity contribution in [2.45, 2.75) is 45.4 Å². The van der Waals surface area contributed by atoms with Gasteiger partial charge >= 0.3 is 0 Å². The minimum absolute atomic E-state index is 0.481. The molecule has 0 radical (unpaired) electrons. The Bertz CT molecular complexity index is 331. The summed E-state index contributed by atoms with van der Waals surface area (Å²) >= 11 is 5.94. The summed E-state index contributed by atoms with van der Waals surface area (Å²) in [4.78, 5) is 4.05. The molecule has 1 rings (SSSR count). The van der Waals surface area contributed by atoms with Crippen molar-refractivity contribution < 1.29 is 4.74 Å². The van der Waals surface area contributed by atoms with Gasteiger partial charge in [0.25, 0.3) is 0 Å². The molecule has 0 saturated carbocycles. The Kier molecular flexibility index (Phi) is 6.78. The number of aromatic nitrogens is 1. The second kappa shape index (κ2) is 8.18. The Balaban J connectivity index is 2.14. The van der Waals surface area contributed by atoms with Gasteiger partial charge in [-0.15, -0.1) is 0 Å². The van der Waals surface area contributed by atoms with Crippen molar-refractivity contribution in [2.24, 2.45) is 0 Å². The molecule has 0 unspecified atom stereocenters. The highest BCUT2D eigenvalue weighted by molar-refractivity contribution is 6.32. The number of hydrogen-bond acceptors (Lipinski definition) is 3. The summed E-state index contributed by atoms with van der Waals surface area (Å²) < 4.78 is 5.50. The first-order valence-electron chi connectivity index (χ1n) is 6.28. The number of rotatable bonds is 8. The van der Waals surface area contributed by atoms with Crippen molar-refractivity contribution in [3.8, 4) is 5.88 Å². The van der Waals surface area contributed by atoms with E-state index >= 15 is 0 Å². The van der Waals surface area contributed by atoms with E-state index in [-0.39, 0.29) is 0 Å². The van der Waals surface area contributed by atoms with Gasteiger partial charge < -0.3 is 10.5 Å². The molecule has 1 heterocycles. The number of hydrogen-bond donors (Lipinski definition) is 1. The van der Waals surface area contributed by atoms with Gasteiger partial charge in [-0.25, -0.2) is 4.98 Å². The van der Waals surface area contributed by atoms with Crippen molar-refractivity contribution in [3.63, 3.8) is 0 Å². The molecule has 0 aliphatic rings. The average Bonchev–Trinajstić information content (AvgIpc) is 2.30. The Morgan fingerprint density at radius 2 is 1.94 bits per heavy atom. The first-order valence-corrected chi connectivity index (χ1v) is 6.65. The van der Waals surface area contributed by atoms with Crippen LogP contribution in [0, 0.1) is 0 Å². The third kappa shape index (κ3) is 5.78. The maximum absolute atomic E-state index is 5.94. The number of anilines is 1. The van der Waals surface area contributed by atoms with E-state index in [9.17, 15) is 0 Å². The van der Waals surface area contributed by atoms with Crippen molar-refractivity contribution in [1.82, 2.24) is 4.98 Å². The minimum atomic E-state index is 0.481. The van der Waals surface area contributed by atoms with Crippen LogP contribution in [0.4, 0.5) is 5.69 Å². The highest BCUT2D eigenvalue weighted by Gasteiger charge is 2.02. The molecule has 3 nitrogen and oxygen atoms in total. The van der Waals surface area contributed by atoms with Crippen molar-refractivity contribution in [1.29, 1.82) is 0 Å². The van der Waals surface area contributed by atoms with E-state index in [1.807, 2.05) is 0 Å². The maximum Gasteiger partial charge on any atom is 0.232 e. The number of nitrogens with two attached hydrogens (primary N) is 1. The lowest BCUT2D eigenvalue weighted by Crippen LogP contribution is -2.00. The highest BCUT2D eigenvalue weighted by atomic mass is 35.5. The largest absolute Gasteiger partial charge is 0.477 e. The molecule has 0 spiro atoms. The quantitative estimate of drug-likeness (QED) is 0.714. The Morgan fingerprint density at radius 3 is 2.65 bits per heavy atom. The SMILES string of the molecule is CCCCCCCCOc1ncc(N)cc1Cl. The van der Waals surface area contributed by atoms with Crippen LogP contribution in [-0.2, 0) is 0 Å². The summed E-state index contributed by atoms with van der Waals surface area (Å²) in [5.74, 6) is 0.481. The number of halogens is 1. The fraction of sp³-hybridized carbons (Fsp3) is 0.615. The Hall–Kier alpha value is -0.960. The van der Waals surface area contributed by atoms with Gasteiger partial charge in [-0.05, 0) is 12.5 Å². The summed E-state index contributed by atoms with van der Waals surface area (Å²) in [6, 6.07) is 1.66. The van der Waals surface area contributed by atoms with Crippen LogP contribution < -0.4 is 10.5 Å². The summed E-state index contributed by atoms with van der Waals surface area (Å²) in [7, 11) is 0. The molecule has 4 heteroatoms. The van der Waals surface area contributed by atoms with Gasteiger partial charge in [0.1, 0.15) is 5.02 Å². The van der Waals surface area contributed by atoms with Gasteiger partial charge in [0.05, 0.1) is 18.5 Å². The third-order valence-corrected chi connectivity index (χ3v) is 2.84. The van der Waals surface area contributed by atoms with Crippen LogP contribution in [0.25, 0.3) is 0 Å². The molecule has 0 aromatic carbocycles. The molecule has 0 bridgehead atoms. The van der Waals surface area contributed by atoms with Crippen LogP contribution in [-0.4, -0.2) is 11.6 Å². The lowest BCUT2D eigenvalue weighted by Gasteiger charge is -2.07. The number of pyridine rings is 1. The first-order chi connectivity index (χ1) is 8.24. The molecule has 2 N–H and O–H groups in total. The molecule has 0 fully saturated rings. The van der Waals surface area contributed by atoms with Crippen molar-refractivity contribution in [2.75, 3.05) is 12.3 Å². The smallest absolute Gasteiger partial charge is 0.232 e. The summed E-state index contributed by atoms with van der Waals surface area (Å²) in [5.41, 5.74) is 6.11. The van der Waals surface area contributed by atoms with Gasteiger partial charge in [-0.2, -0.15) is 0 Å². The van der Waals surface area contributed by atoms with Crippen LogP contribution in [0.15, 0.2) is 12.3 Å². The molecule has 96 valence electrons. The second-order valence-electron chi connectivity index (χ2n) is 4.17. The summed E-state index contributed by atoms with van der Waals surface area (Å²) in [6.07, 6.45) is 9.01. The van der Waals surface area contributed by atoms with E-state index in [2.05, 4.69) is 11.9 Å². The number of nitrogens with zero attached hydrogens (tertiary/aromatic N) is 1. The van der Waals surface area contributed by atoms with Gasteiger partial charge in [0.15, 0.2) is 0 Å². The van der Waals surface area contributed by atoms with Crippen LogP contribution in [0.1, 0.15) is 45.4 Å². The van der Waals surface area contributed by atoms with Gasteiger partial charge in [-0.1, -0.05) is 50.6 Å². The van der Waals surface area contributed by atoms with E-state index in [1.165, 1.54) is 32.1 Å². The van der Waals surface area contributed by atoms with Crippen molar-refractivity contribution in [3.05, 3.63) is 17.3 Å². The van der Waals surface area contributed by atoms with Crippen LogP contribution >= 0.6 is 11.6 Å². The molecule has 0 saturated heterocycles. The maximum atomic E-state index is 5.94. The Labute approximate surface area is 108 Å². The first kappa shape index (κ1) is 14.1. The van der Waals surface area contributed by atoms with Gasteiger partial charge in [-0.3, -0.25) is 0 Å². The normalized spacial score (nSPS) is 10.5. The molecular weight excluding hydrogens is 236 g/mol. The third-order valence-electron chi connectivity index (χ3n) is 2.57. The molecular formula is C13H21ClN2O.